The fourth-order valence-electron chi connectivity index (χ4n) is 1.05. The van der Waals surface area contributed by atoms with Crippen molar-refractivity contribution in [3.63, 3.8) is 0 Å². The number of hydrogen-bond donors (Lipinski definition) is 2. The number of primary sulfonamides is 1. The van der Waals surface area contributed by atoms with E-state index in [4.69, 9.17) is 10.2 Å². The molecule has 0 amide bonds. The molecular formula is C8H7N3O3S2. The number of phenolic OH excluding ortho intramolecular Hbond substituents is 1. The summed E-state index contributed by atoms with van der Waals surface area (Å²) >= 11 is 0.719. The Bertz CT molecular complexity index is 604. The predicted molar refractivity (Wildman–Crippen MR) is 58.4 cm³/mol. The lowest BCUT2D eigenvalue weighted by Gasteiger charge is -1.94. The average molecular weight is 257 g/mol. The molecule has 0 aliphatic carbocycles. The van der Waals surface area contributed by atoms with Gasteiger partial charge in [0.25, 0.3) is 10.0 Å². The van der Waals surface area contributed by atoms with E-state index in [0.29, 0.717) is 5.56 Å². The fraction of sp³-hybridized carbons (Fsp3) is 0. The highest BCUT2D eigenvalue weighted by Crippen LogP contribution is 2.21. The molecule has 0 saturated carbocycles. The van der Waals surface area contributed by atoms with Crippen LogP contribution in [0, 0.1) is 0 Å². The largest absolute Gasteiger partial charge is 0.508 e. The van der Waals surface area contributed by atoms with Gasteiger partial charge in [0.15, 0.2) is 5.82 Å². The van der Waals surface area contributed by atoms with Crippen molar-refractivity contribution < 1.29 is 13.5 Å². The molecule has 1 aromatic heterocycles. The number of nitrogens with two attached hydrogens (primary N) is 1. The first-order chi connectivity index (χ1) is 7.47. The lowest BCUT2D eigenvalue weighted by molar-refractivity contribution is 0.475. The maximum Gasteiger partial charge on any atom is 0.266 e. The van der Waals surface area contributed by atoms with Crippen molar-refractivity contribution in [1.29, 1.82) is 0 Å². The van der Waals surface area contributed by atoms with Gasteiger partial charge in [-0.1, -0.05) is 0 Å². The molecule has 0 aliphatic rings. The Labute approximate surface area is 95.6 Å². The highest BCUT2D eigenvalue weighted by atomic mass is 32.2. The first-order valence-electron chi connectivity index (χ1n) is 4.13. The maximum atomic E-state index is 11.0. The first-order valence-corrected chi connectivity index (χ1v) is 6.45. The van der Waals surface area contributed by atoms with Crippen LogP contribution in [0.3, 0.4) is 0 Å². The van der Waals surface area contributed by atoms with E-state index in [9.17, 15) is 8.42 Å². The van der Waals surface area contributed by atoms with E-state index >= 15 is 0 Å². The van der Waals surface area contributed by atoms with Gasteiger partial charge in [-0.05, 0) is 35.8 Å². The van der Waals surface area contributed by atoms with Gasteiger partial charge < -0.3 is 5.11 Å². The highest BCUT2D eigenvalue weighted by molar-refractivity contribution is 7.91. The molecule has 0 atom stereocenters. The van der Waals surface area contributed by atoms with E-state index < -0.39 is 10.0 Å². The Balaban J connectivity index is 2.43. The number of aromatic hydroxyl groups is 1. The van der Waals surface area contributed by atoms with E-state index in [1.54, 1.807) is 12.1 Å². The van der Waals surface area contributed by atoms with Crippen molar-refractivity contribution in [1.82, 2.24) is 9.36 Å². The molecule has 0 bridgehead atoms. The summed E-state index contributed by atoms with van der Waals surface area (Å²) in [5.41, 5.74) is 0.615. The molecule has 0 fully saturated rings. The van der Waals surface area contributed by atoms with Gasteiger partial charge in [-0.3, -0.25) is 0 Å². The van der Waals surface area contributed by atoms with Crippen LogP contribution in [0.2, 0.25) is 0 Å². The van der Waals surface area contributed by atoms with Crippen LogP contribution in [0.15, 0.2) is 28.6 Å². The summed E-state index contributed by atoms with van der Waals surface area (Å²) in [6.07, 6.45) is 0. The van der Waals surface area contributed by atoms with Gasteiger partial charge in [-0.15, -0.1) is 0 Å². The van der Waals surface area contributed by atoms with Crippen LogP contribution < -0.4 is 5.14 Å². The van der Waals surface area contributed by atoms with Gasteiger partial charge >= 0.3 is 0 Å². The first kappa shape index (κ1) is 11.0. The van der Waals surface area contributed by atoms with Crippen LogP contribution in [0.25, 0.3) is 11.4 Å². The zero-order valence-corrected chi connectivity index (χ0v) is 9.49. The number of hydrogen-bond acceptors (Lipinski definition) is 6. The van der Waals surface area contributed by atoms with Crippen LogP contribution in [-0.2, 0) is 10.0 Å². The molecule has 1 aromatic carbocycles. The van der Waals surface area contributed by atoms with Gasteiger partial charge in [-0.2, -0.15) is 4.37 Å². The topological polar surface area (TPSA) is 106 Å². The normalized spacial score (nSPS) is 11.6. The summed E-state index contributed by atoms with van der Waals surface area (Å²) in [6, 6.07) is 6.11. The third kappa shape index (κ3) is 2.18. The minimum Gasteiger partial charge on any atom is -0.508 e. The molecule has 3 N–H and O–H groups in total. The molecule has 0 spiro atoms. The van der Waals surface area contributed by atoms with Gasteiger partial charge in [0.1, 0.15) is 5.75 Å². The third-order valence-corrected chi connectivity index (χ3v) is 3.79. The molecule has 16 heavy (non-hydrogen) atoms. The Morgan fingerprint density at radius 2 is 1.88 bits per heavy atom. The second-order valence-corrected chi connectivity index (χ2v) is 5.46. The quantitative estimate of drug-likeness (QED) is 0.817. The minimum atomic E-state index is -3.80. The van der Waals surface area contributed by atoms with Crippen LogP contribution >= 0.6 is 11.5 Å². The number of phenols is 1. The standard InChI is InChI=1S/C8H7N3O3S2/c9-16(13,14)8-10-7(11-15-8)5-1-3-6(12)4-2-5/h1-4,12H,(H2,9,13,14). The second kappa shape index (κ2) is 3.81. The molecule has 1 heterocycles. The number of nitrogens with zero attached hydrogens (tertiary/aromatic N) is 2. The third-order valence-electron chi connectivity index (χ3n) is 1.78. The average Bonchev–Trinajstić information content (AvgIpc) is 2.67. The molecule has 2 rings (SSSR count). The van der Waals surface area contributed by atoms with E-state index in [1.807, 2.05) is 0 Å². The van der Waals surface area contributed by atoms with Crippen molar-refractivity contribution in [2.24, 2.45) is 5.14 Å². The van der Waals surface area contributed by atoms with Gasteiger partial charge in [0, 0.05) is 5.56 Å². The van der Waals surface area contributed by atoms with Gasteiger partial charge in [0.05, 0.1) is 0 Å². The summed E-state index contributed by atoms with van der Waals surface area (Å²) in [5.74, 6) is 0.389. The van der Waals surface area contributed by atoms with E-state index in [0.717, 1.165) is 11.5 Å². The van der Waals surface area contributed by atoms with Gasteiger partial charge in [-0.25, -0.2) is 18.5 Å². The summed E-state index contributed by atoms with van der Waals surface area (Å²) in [4.78, 5) is 3.79. The Hall–Kier alpha value is -1.51. The number of sulfonamides is 1. The van der Waals surface area contributed by atoms with Crippen LogP contribution in [-0.4, -0.2) is 22.9 Å². The number of aromatic nitrogens is 2. The van der Waals surface area contributed by atoms with E-state index in [-0.39, 0.29) is 15.9 Å². The van der Waals surface area contributed by atoms with Crippen LogP contribution in [0.5, 0.6) is 5.75 Å². The van der Waals surface area contributed by atoms with E-state index in [1.165, 1.54) is 12.1 Å². The van der Waals surface area contributed by atoms with Crippen molar-refractivity contribution in [2.75, 3.05) is 0 Å². The lowest BCUT2D eigenvalue weighted by atomic mass is 10.2. The zero-order valence-electron chi connectivity index (χ0n) is 7.86. The van der Waals surface area contributed by atoms with Crippen molar-refractivity contribution in [3.8, 4) is 17.1 Å². The molecule has 0 radical (unpaired) electrons. The molecule has 8 heteroatoms. The number of benzene rings is 1. The molecule has 6 nitrogen and oxygen atoms in total. The predicted octanol–water partition coefficient (Wildman–Crippen LogP) is 0.558. The molecule has 0 unspecified atom stereocenters. The Morgan fingerprint density at radius 3 is 2.38 bits per heavy atom. The summed E-state index contributed by atoms with van der Waals surface area (Å²) < 4.78 is 25.6. The highest BCUT2D eigenvalue weighted by Gasteiger charge is 2.15. The van der Waals surface area contributed by atoms with Crippen molar-refractivity contribution >= 4 is 21.6 Å². The summed E-state index contributed by atoms with van der Waals surface area (Å²) in [6.45, 7) is 0. The summed E-state index contributed by atoms with van der Waals surface area (Å²) in [7, 11) is -3.80. The SMILES string of the molecule is NS(=O)(=O)c1nc(-c2ccc(O)cc2)ns1. The monoisotopic (exact) mass is 257 g/mol. The Morgan fingerprint density at radius 1 is 1.25 bits per heavy atom. The summed E-state index contributed by atoms with van der Waals surface area (Å²) in [5, 5.41) is 14.0. The maximum absolute atomic E-state index is 11.0. The van der Waals surface area contributed by atoms with Crippen molar-refractivity contribution in [3.05, 3.63) is 24.3 Å². The van der Waals surface area contributed by atoms with Crippen LogP contribution in [0.4, 0.5) is 0 Å². The Kier molecular flexibility index (Phi) is 2.62. The molecule has 2 aromatic rings. The lowest BCUT2D eigenvalue weighted by Crippen LogP contribution is -2.11. The molecule has 0 saturated heterocycles. The van der Waals surface area contributed by atoms with Crippen molar-refractivity contribution in [2.45, 2.75) is 4.34 Å². The number of rotatable bonds is 2. The minimum absolute atomic E-state index is 0.116. The van der Waals surface area contributed by atoms with E-state index in [2.05, 4.69) is 9.36 Å². The zero-order chi connectivity index (χ0) is 11.8. The van der Waals surface area contributed by atoms with Crippen LogP contribution in [0.1, 0.15) is 0 Å². The molecule has 84 valence electrons. The fourth-order valence-corrected chi connectivity index (χ4v) is 2.23. The smallest absolute Gasteiger partial charge is 0.266 e. The molecular weight excluding hydrogens is 250 g/mol. The second-order valence-electron chi connectivity index (χ2n) is 2.98. The van der Waals surface area contributed by atoms with Gasteiger partial charge in [0.2, 0.25) is 4.34 Å². The molecule has 0 aliphatic heterocycles.